The van der Waals surface area contributed by atoms with Gasteiger partial charge in [-0.3, -0.25) is 0 Å². The van der Waals surface area contributed by atoms with Crippen molar-refractivity contribution in [3.63, 3.8) is 0 Å². The van der Waals surface area contributed by atoms with Crippen molar-refractivity contribution < 1.29 is 4.42 Å². The minimum Gasteiger partial charge on any atom is -0.469 e. The lowest BCUT2D eigenvalue weighted by Crippen LogP contribution is -2.20. The molecule has 5 heteroatoms. The Kier molecular flexibility index (Phi) is 4.52. The summed E-state index contributed by atoms with van der Waals surface area (Å²) in [4.78, 5) is 4.64. The van der Waals surface area contributed by atoms with Crippen LogP contribution in [-0.2, 0) is 6.42 Å². The zero-order valence-corrected chi connectivity index (χ0v) is 11.6. The number of hydrogen-bond donors (Lipinski definition) is 2. The number of thiocarbonyl (C=S) groups is 1. The fourth-order valence-electron chi connectivity index (χ4n) is 1.84. The van der Waals surface area contributed by atoms with E-state index in [-0.39, 0.29) is 6.04 Å². The number of aryl methyl sites for hydroxylation is 1. The Hall–Kier alpha value is -1.88. The number of rotatable bonds is 6. The summed E-state index contributed by atoms with van der Waals surface area (Å²) in [5.41, 5.74) is 6.46. The first-order valence-corrected chi connectivity index (χ1v) is 6.61. The second-order valence-electron chi connectivity index (χ2n) is 4.43. The van der Waals surface area contributed by atoms with E-state index in [0.29, 0.717) is 4.99 Å². The Labute approximate surface area is 118 Å². The molecule has 0 radical (unpaired) electrons. The van der Waals surface area contributed by atoms with Crippen molar-refractivity contribution in [2.24, 2.45) is 5.73 Å². The van der Waals surface area contributed by atoms with Crippen LogP contribution in [0.3, 0.4) is 0 Å². The van der Waals surface area contributed by atoms with E-state index in [1.54, 1.807) is 12.5 Å². The topological polar surface area (TPSA) is 64.1 Å². The normalized spacial score (nSPS) is 12.1. The summed E-state index contributed by atoms with van der Waals surface area (Å²) in [6.45, 7) is 2.10. The highest BCUT2D eigenvalue weighted by Gasteiger charge is 2.09. The SMILES string of the molecule is CC(CCc1ccco1)Nc1ncccc1C(N)=S. The second kappa shape index (κ2) is 6.33. The molecule has 2 aromatic heterocycles. The number of nitrogens with zero attached hydrogens (tertiary/aromatic N) is 1. The third kappa shape index (κ3) is 3.79. The van der Waals surface area contributed by atoms with Crippen molar-refractivity contribution in [1.29, 1.82) is 0 Å². The second-order valence-corrected chi connectivity index (χ2v) is 4.87. The molecule has 4 nitrogen and oxygen atoms in total. The molecule has 0 aliphatic heterocycles. The first kappa shape index (κ1) is 13.5. The molecule has 0 bridgehead atoms. The average Bonchev–Trinajstić information content (AvgIpc) is 2.90. The highest BCUT2D eigenvalue weighted by Crippen LogP contribution is 2.14. The Balaban J connectivity index is 1.95. The lowest BCUT2D eigenvalue weighted by atomic mass is 10.1. The van der Waals surface area contributed by atoms with Gasteiger partial charge in [-0.25, -0.2) is 4.98 Å². The molecule has 0 saturated carbocycles. The summed E-state index contributed by atoms with van der Waals surface area (Å²) in [5.74, 6) is 1.73. The van der Waals surface area contributed by atoms with E-state index in [2.05, 4.69) is 17.2 Å². The average molecular weight is 275 g/mol. The molecule has 100 valence electrons. The fourth-order valence-corrected chi connectivity index (χ4v) is 2.00. The van der Waals surface area contributed by atoms with Gasteiger partial charge in [-0.2, -0.15) is 0 Å². The van der Waals surface area contributed by atoms with Gasteiger partial charge in [-0.05, 0) is 37.6 Å². The van der Waals surface area contributed by atoms with E-state index in [0.717, 1.165) is 30.0 Å². The van der Waals surface area contributed by atoms with Crippen molar-refractivity contribution >= 4 is 23.0 Å². The number of aromatic nitrogens is 1. The summed E-state index contributed by atoms with van der Waals surface area (Å²) < 4.78 is 5.31. The van der Waals surface area contributed by atoms with Gasteiger partial charge in [0.2, 0.25) is 0 Å². The van der Waals surface area contributed by atoms with Gasteiger partial charge >= 0.3 is 0 Å². The van der Waals surface area contributed by atoms with Crippen LogP contribution in [0.2, 0.25) is 0 Å². The molecule has 2 heterocycles. The molecule has 1 atom stereocenters. The summed E-state index contributed by atoms with van der Waals surface area (Å²) in [6.07, 6.45) is 5.25. The molecule has 0 aromatic carbocycles. The third-order valence-electron chi connectivity index (χ3n) is 2.86. The van der Waals surface area contributed by atoms with Gasteiger partial charge in [-0.15, -0.1) is 0 Å². The maximum atomic E-state index is 5.68. The lowest BCUT2D eigenvalue weighted by molar-refractivity contribution is 0.495. The van der Waals surface area contributed by atoms with Crippen LogP contribution in [-0.4, -0.2) is 16.0 Å². The van der Waals surface area contributed by atoms with Gasteiger partial charge in [0.1, 0.15) is 16.6 Å². The summed E-state index contributed by atoms with van der Waals surface area (Å²) in [5, 5.41) is 3.33. The van der Waals surface area contributed by atoms with Crippen molar-refractivity contribution in [2.45, 2.75) is 25.8 Å². The molecular weight excluding hydrogens is 258 g/mol. The maximum Gasteiger partial charge on any atom is 0.136 e. The van der Waals surface area contributed by atoms with E-state index >= 15 is 0 Å². The summed E-state index contributed by atoms with van der Waals surface area (Å²) in [7, 11) is 0. The molecule has 0 aliphatic carbocycles. The molecule has 19 heavy (non-hydrogen) atoms. The highest BCUT2D eigenvalue weighted by molar-refractivity contribution is 7.80. The Morgan fingerprint density at radius 2 is 2.32 bits per heavy atom. The van der Waals surface area contributed by atoms with Crippen LogP contribution in [0, 0.1) is 0 Å². The van der Waals surface area contributed by atoms with Gasteiger partial charge in [0.25, 0.3) is 0 Å². The van der Waals surface area contributed by atoms with Crippen LogP contribution >= 0.6 is 12.2 Å². The monoisotopic (exact) mass is 275 g/mol. The highest BCUT2D eigenvalue weighted by atomic mass is 32.1. The molecule has 2 rings (SSSR count). The minimum atomic E-state index is 0.257. The Bertz CT molecular complexity index is 539. The molecule has 0 fully saturated rings. The van der Waals surface area contributed by atoms with Crippen molar-refractivity contribution in [3.8, 4) is 0 Å². The van der Waals surface area contributed by atoms with Crippen LogP contribution in [0.4, 0.5) is 5.82 Å². The molecule has 2 aromatic rings. The van der Waals surface area contributed by atoms with E-state index in [9.17, 15) is 0 Å². The number of nitrogens with one attached hydrogen (secondary N) is 1. The summed E-state index contributed by atoms with van der Waals surface area (Å²) in [6, 6.07) is 7.84. The summed E-state index contributed by atoms with van der Waals surface area (Å²) >= 11 is 5.01. The van der Waals surface area contributed by atoms with Crippen LogP contribution in [0.25, 0.3) is 0 Å². The van der Waals surface area contributed by atoms with E-state index < -0.39 is 0 Å². The van der Waals surface area contributed by atoms with Crippen LogP contribution in [0.5, 0.6) is 0 Å². The fraction of sp³-hybridized carbons (Fsp3) is 0.286. The largest absolute Gasteiger partial charge is 0.469 e. The van der Waals surface area contributed by atoms with Crippen LogP contribution in [0.1, 0.15) is 24.7 Å². The standard InChI is InChI=1S/C14H17N3OS/c1-10(6-7-11-4-3-9-18-11)17-14-12(13(15)19)5-2-8-16-14/h2-5,8-10H,6-7H2,1H3,(H2,15,19)(H,16,17). The number of nitrogens with two attached hydrogens (primary N) is 1. The number of anilines is 1. The zero-order chi connectivity index (χ0) is 13.7. The molecule has 3 N–H and O–H groups in total. The van der Waals surface area contributed by atoms with Gasteiger partial charge in [0, 0.05) is 18.7 Å². The smallest absolute Gasteiger partial charge is 0.136 e. The number of furan rings is 1. The van der Waals surface area contributed by atoms with Gasteiger partial charge in [0.05, 0.1) is 11.8 Å². The number of pyridine rings is 1. The van der Waals surface area contributed by atoms with E-state index in [1.807, 2.05) is 24.3 Å². The van der Waals surface area contributed by atoms with Crippen LogP contribution < -0.4 is 11.1 Å². The van der Waals surface area contributed by atoms with Crippen molar-refractivity contribution in [3.05, 3.63) is 48.0 Å². The van der Waals surface area contributed by atoms with Crippen molar-refractivity contribution in [2.75, 3.05) is 5.32 Å². The predicted molar refractivity (Wildman–Crippen MR) is 80.2 cm³/mol. The molecule has 0 saturated heterocycles. The zero-order valence-electron chi connectivity index (χ0n) is 10.8. The van der Waals surface area contributed by atoms with Crippen molar-refractivity contribution in [1.82, 2.24) is 4.98 Å². The van der Waals surface area contributed by atoms with E-state index in [1.165, 1.54) is 0 Å². The first-order chi connectivity index (χ1) is 9.16. The quantitative estimate of drug-likeness (QED) is 0.794. The maximum absolute atomic E-state index is 5.68. The lowest BCUT2D eigenvalue weighted by Gasteiger charge is -2.16. The van der Waals surface area contributed by atoms with Gasteiger partial charge < -0.3 is 15.5 Å². The van der Waals surface area contributed by atoms with Gasteiger partial charge in [0.15, 0.2) is 0 Å². The number of hydrogen-bond acceptors (Lipinski definition) is 4. The predicted octanol–water partition coefficient (Wildman–Crippen LogP) is 2.74. The van der Waals surface area contributed by atoms with E-state index in [4.69, 9.17) is 22.4 Å². The molecule has 0 aliphatic rings. The van der Waals surface area contributed by atoms with Crippen LogP contribution in [0.15, 0.2) is 41.1 Å². The molecule has 0 spiro atoms. The molecule has 0 amide bonds. The Morgan fingerprint density at radius 3 is 3.00 bits per heavy atom. The first-order valence-electron chi connectivity index (χ1n) is 6.20. The molecule has 1 unspecified atom stereocenters. The van der Waals surface area contributed by atoms with Gasteiger partial charge in [-0.1, -0.05) is 12.2 Å². The Morgan fingerprint density at radius 1 is 1.47 bits per heavy atom. The third-order valence-corrected chi connectivity index (χ3v) is 3.08. The molecular formula is C14H17N3OS. The minimum absolute atomic E-state index is 0.257.